The molecule has 0 radical (unpaired) electrons. The first-order valence-electron chi connectivity index (χ1n) is 9.94. The zero-order valence-corrected chi connectivity index (χ0v) is 16.3. The third kappa shape index (κ3) is 4.73. The molecule has 3 heteroatoms. The van der Waals surface area contributed by atoms with Crippen molar-refractivity contribution in [1.29, 1.82) is 0 Å². The number of hydrogen-bond acceptors (Lipinski definition) is 2. The molecule has 0 spiro atoms. The number of carbonyl (C=O) groups is 1. The third-order valence-corrected chi connectivity index (χ3v) is 4.82. The van der Waals surface area contributed by atoms with E-state index in [-0.39, 0.29) is 5.91 Å². The number of aromatic nitrogens is 1. The summed E-state index contributed by atoms with van der Waals surface area (Å²) in [6.45, 7) is 5.94. The predicted molar refractivity (Wildman–Crippen MR) is 113 cm³/mol. The van der Waals surface area contributed by atoms with Crippen molar-refractivity contribution >= 4 is 16.8 Å². The second-order valence-corrected chi connectivity index (χ2v) is 6.93. The summed E-state index contributed by atoms with van der Waals surface area (Å²) in [4.78, 5) is 19.5. The fourth-order valence-corrected chi connectivity index (χ4v) is 3.51. The van der Waals surface area contributed by atoms with Crippen LogP contribution in [0.15, 0.2) is 60.7 Å². The minimum Gasteiger partial charge on any atom is -0.343 e. The number of benzene rings is 2. The molecule has 0 aliphatic carbocycles. The first kappa shape index (κ1) is 19.1. The van der Waals surface area contributed by atoms with Gasteiger partial charge in [0, 0.05) is 30.5 Å². The number of fused-ring (bicyclic) bond motifs is 1. The first-order valence-corrected chi connectivity index (χ1v) is 9.94. The van der Waals surface area contributed by atoms with E-state index in [2.05, 4.69) is 38.1 Å². The summed E-state index contributed by atoms with van der Waals surface area (Å²) < 4.78 is 0. The van der Waals surface area contributed by atoms with Gasteiger partial charge in [0.25, 0.3) is 0 Å². The fraction of sp³-hybridized carbons (Fsp3) is 0.333. The molecule has 0 saturated heterocycles. The minimum atomic E-state index is 0.251. The number of pyridine rings is 1. The molecule has 0 aliphatic rings. The summed E-state index contributed by atoms with van der Waals surface area (Å²) >= 11 is 0. The van der Waals surface area contributed by atoms with Crippen molar-refractivity contribution in [2.45, 2.75) is 39.5 Å². The van der Waals surface area contributed by atoms with E-state index < -0.39 is 0 Å². The van der Waals surface area contributed by atoms with Crippen molar-refractivity contribution in [3.8, 4) is 11.3 Å². The second-order valence-electron chi connectivity index (χ2n) is 6.93. The van der Waals surface area contributed by atoms with Crippen LogP contribution >= 0.6 is 0 Å². The largest absolute Gasteiger partial charge is 0.343 e. The van der Waals surface area contributed by atoms with E-state index in [1.54, 1.807) is 0 Å². The Hall–Kier alpha value is -2.68. The molecule has 0 bridgehead atoms. The van der Waals surface area contributed by atoms with Crippen LogP contribution < -0.4 is 0 Å². The Balaban J connectivity index is 1.88. The summed E-state index contributed by atoms with van der Waals surface area (Å²) in [6.07, 6.45) is 3.29. The highest BCUT2D eigenvalue weighted by Gasteiger charge is 2.14. The molecule has 3 rings (SSSR count). The molecule has 0 aliphatic heterocycles. The summed E-state index contributed by atoms with van der Waals surface area (Å²) in [5, 5.41) is 1.14. The van der Waals surface area contributed by atoms with Crippen LogP contribution in [0.1, 0.15) is 38.7 Å². The smallest absolute Gasteiger partial charge is 0.222 e. The monoisotopic (exact) mass is 360 g/mol. The average Bonchev–Trinajstić information content (AvgIpc) is 2.72. The van der Waals surface area contributed by atoms with Crippen molar-refractivity contribution in [2.75, 3.05) is 13.1 Å². The van der Waals surface area contributed by atoms with Gasteiger partial charge in [-0.3, -0.25) is 4.79 Å². The highest BCUT2D eigenvalue weighted by molar-refractivity contribution is 5.86. The number of amides is 1. The topological polar surface area (TPSA) is 33.2 Å². The number of hydrogen-bond donors (Lipinski definition) is 0. The molecule has 3 nitrogen and oxygen atoms in total. The van der Waals surface area contributed by atoms with E-state index in [4.69, 9.17) is 4.98 Å². The van der Waals surface area contributed by atoms with E-state index in [0.29, 0.717) is 6.42 Å². The molecule has 1 amide bonds. The zero-order chi connectivity index (χ0) is 19.1. The fourth-order valence-electron chi connectivity index (χ4n) is 3.51. The Bertz CT molecular complexity index is 883. The van der Waals surface area contributed by atoms with Crippen LogP contribution in [0.2, 0.25) is 0 Å². The Morgan fingerprint density at radius 1 is 0.926 bits per heavy atom. The van der Waals surface area contributed by atoms with Gasteiger partial charge in [-0.15, -0.1) is 0 Å². The standard InChI is InChI=1S/C24H28N2O/c1-3-16-26(17-4-2)24(27)15-14-20-18-23(19-10-6-5-7-11-19)25-22-13-9-8-12-21(20)22/h5-13,18H,3-4,14-17H2,1-2H3. The average molecular weight is 361 g/mol. The second kappa shape index (κ2) is 9.31. The maximum Gasteiger partial charge on any atom is 0.222 e. The van der Waals surface area contributed by atoms with Gasteiger partial charge < -0.3 is 4.90 Å². The molecule has 2 aromatic carbocycles. The molecule has 0 unspecified atom stereocenters. The summed E-state index contributed by atoms with van der Waals surface area (Å²) in [5.41, 5.74) is 4.26. The Kier molecular flexibility index (Phi) is 6.59. The Morgan fingerprint density at radius 2 is 1.59 bits per heavy atom. The molecule has 1 aromatic heterocycles. The van der Waals surface area contributed by atoms with Gasteiger partial charge >= 0.3 is 0 Å². The number of aryl methyl sites for hydroxylation is 1. The van der Waals surface area contributed by atoms with Gasteiger partial charge in [0.1, 0.15) is 0 Å². The lowest BCUT2D eigenvalue weighted by molar-refractivity contribution is -0.131. The van der Waals surface area contributed by atoms with Crippen molar-refractivity contribution in [1.82, 2.24) is 9.88 Å². The van der Waals surface area contributed by atoms with Crippen LogP contribution in [0.4, 0.5) is 0 Å². The van der Waals surface area contributed by atoms with Gasteiger partial charge in [0.05, 0.1) is 11.2 Å². The highest BCUT2D eigenvalue weighted by atomic mass is 16.2. The Morgan fingerprint density at radius 3 is 2.30 bits per heavy atom. The molecule has 0 atom stereocenters. The molecule has 0 N–H and O–H groups in total. The molecular formula is C24H28N2O. The van der Waals surface area contributed by atoms with Crippen LogP contribution in [0.3, 0.4) is 0 Å². The number of rotatable bonds is 8. The van der Waals surface area contributed by atoms with Gasteiger partial charge in [-0.1, -0.05) is 62.4 Å². The molecule has 3 aromatic rings. The van der Waals surface area contributed by atoms with Gasteiger partial charge in [-0.25, -0.2) is 4.98 Å². The lowest BCUT2D eigenvalue weighted by Gasteiger charge is -2.21. The van der Waals surface area contributed by atoms with E-state index in [1.165, 1.54) is 5.56 Å². The molecule has 0 saturated carbocycles. The van der Waals surface area contributed by atoms with E-state index >= 15 is 0 Å². The number of para-hydroxylation sites is 1. The van der Waals surface area contributed by atoms with Crippen LogP contribution in [0.25, 0.3) is 22.2 Å². The number of nitrogens with zero attached hydrogens (tertiary/aromatic N) is 2. The first-order chi connectivity index (χ1) is 13.2. The van der Waals surface area contributed by atoms with Crippen molar-refractivity contribution in [3.63, 3.8) is 0 Å². The molecular weight excluding hydrogens is 332 g/mol. The maximum atomic E-state index is 12.7. The van der Waals surface area contributed by atoms with Gasteiger partial charge in [-0.2, -0.15) is 0 Å². The predicted octanol–water partition coefficient (Wildman–Crippen LogP) is 5.48. The molecule has 0 fully saturated rings. The van der Waals surface area contributed by atoms with E-state index in [9.17, 15) is 4.79 Å². The van der Waals surface area contributed by atoms with E-state index in [1.807, 2.05) is 41.3 Å². The SMILES string of the molecule is CCCN(CCC)C(=O)CCc1cc(-c2ccccc2)nc2ccccc12. The molecule has 1 heterocycles. The summed E-state index contributed by atoms with van der Waals surface area (Å²) in [5.74, 6) is 0.251. The zero-order valence-electron chi connectivity index (χ0n) is 16.3. The lowest BCUT2D eigenvalue weighted by atomic mass is 10.0. The van der Waals surface area contributed by atoms with Crippen LogP contribution in [-0.4, -0.2) is 28.9 Å². The van der Waals surface area contributed by atoms with Crippen LogP contribution in [-0.2, 0) is 11.2 Å². The normalized spacial score (nSPS) is 10.9. The third-order valence-electron chi connectivity index (χ3n) is 4.82. The quantitative estimate of drug-likeness (QED) is 0.533. The van der Waals surface area contributed by atoms with Crippen LogP contribution in [0.5, 0.6) is 0 Å². The van der Waals surface area contributed by atoms with Crippen LogP contribution in [0, 0.1) is 0 Å². The van der Waals surface area contributed by atoms with Gasteiger partial charge in [0.15, 0.2) is 0 Å². The summed E-state index contributed by atoms with van der Waals surface area (Å²) in [7, 11) is 0. The highest BCUT2D eigenvalue weighted by Crippen LogP contribution is 2.25. The van der Waals surface area contributed by atoms with E-state index in [0.717, 1.165) is 54.5 Å². The van der Waals surface area contributed by atoms with Gasteiger partial charge in [0.2, 0.25) is 5.91 Å². The van der Waals surface area contributed by atoms with Gasteiger partial charge in [-0.05, 0) is 37.0 Å². The molecule has 27 heavy (non-hydrogen) atoms. The minimum absolute atomic E-state index is 0.251. The Labute approximate surface area is 162 Å². The van der Waals surface area contributed by atoms with Crippen molar-refractivity contribution < 1.29 is 4.79 Å². The maximum absolute atomic E-state index is 12.7. The molecule has 140 valence electrons. The van der Waals surface area contributed by atoms with Crippen molar-refractivity contribution in [2.24, 2.45) is 0 Å². The van der Waals surface area contributed by atoms with Crippen molar-refractivity contribution in [3.05, 3.63) is 66.2 Å². The summed E-state index contributed by atoms with van der Waals surface area (Å²) in [6, 6.07) is 20.6. The lowest BCUT2D eigenvalue weighted by Crippen LogP contribution is -2.32. The number of carbonyl (C=O) groups excluding carboxylic acids is 1.